The molecule has 2 heterocycles. The van der Waals surface area contributed by atoms with Crippen LogP contribution in [0.2, 0.25) is 0 Å². The predicted octanol–water partition coefficient (Wildman–Crippen LogP) is 1.89. The lowest BCUT2D eigenvalue weighted by Crippen LogP contribution is -2.63. The molecule has 9 atom stereocenters. The van der Waals surface area contributed by atoms with Crippen LogP contribution in [0.1, 0.15) is 110 Å². The Morgan fingerprint density at radius 1 is 0.610 bits per heavy atom. The first-order chi connectivity index (χ1) is 19.8. The van der Waals surface area contributed by atoms with Gasteiger partial charge in [0.1, 0.15) is 49.3 Å². The monoisotopic (exact) mass is 594 g/mol. The van der Waals surface area contributed by atoms with Crippen molar-refractivity contribution in [3.63, 3.8) is 0 Å². The highest BCUT2D eigenvalue weighted by Crippen LogP contribution is 2.36. The first kappa shape index (κ1) is 36.8. The standard InChI is InChI=1S/C30H58O11/c1-2-3-4-5-6-7-8-9-10-11-12-13-14-15-16-17-18-38-27-26(36)24(34)22(19-31)39-29(27)41-30(21-33)28(37)25(35)23(20-32)40-30/h22-29,31-37H,2-21H2,1H3/t22?,23-,24-,25?,26?,27?,28?,29-,30+/m1/s1. The Morgan fingerprint density at radius 2 is 1.10 bits per heavy atom. The summed E-state index contributed by atoms with van der Waals surface area (Å²) in [5, 5.41) is 70.6. The lowest BCUT2D eigenvalue weighted by atomic mass is 9.98. The number of rotatable bonds is 23. The molecule has 11 nitrogen and oxygen atoms in total. The maximum Gasteiger partial charge on any atom is 0.224 e. The summed E-state index contributed by atoms with van der Waals surface area (Å²) in [7, 11) is 0. The average Bonchev–Trinajstić information content (AvgIpc) is 3.22. The fraction of sp³-hybridized carbons (Fsp3) is 1.00. The molecular formula is C30H58O11. The molecule has 5 unspecified atom stereocenters. The van der Waals surface area contributed by atoms with E-state index >= 15 is 0 Å². The number of aliphatic hydroxyl groups excluding tert-OH is 7. The lowest BCUT2D eigenvalue weighted by molar-refractivity contribution is -0.387. The average molecular weight is 595 g/mol. The molecule has 244 valence electrons. The molecule has 2 fully saturated rings. The molecule has 0 aliphatic carbocycles. The fourth-order valence-electron chi connectivity index (χ4n) is 5.66. The van der Waals surface area contributed by atoms with Crippen LogP contribution in [0.3, 0.4) is 0 Å². The van der Waals surface area contributed by atoms with Crippen molar-refractivity contribution in [2.24, 2.45) is 0 Å². The van der Waals surface area contributed by atoms with Crippen LogP contribution in [0.4, 0.5) is 0 Å². The SMILES string of the molecule is CCCCCCCCCCCCCCCCCCOC1C(O)[C@H](O)C(CO)O[C@@H]1O[C@]1(CO)O[C@H](CO)C(O)C1O. The smallest absolute Gasteiger partial charge is 0.224 e. The van der Waals surface area contributed by atoms with Gasteiger partial charge in [0.15, 0.2) is 6.29 Å². The van der Waals surface area contributed by atoms with Crippen molar-refractivity contribution in [3.05, 3.63) is 0 Å². The van der Waals surface area contributed by atoms with Crippen molar-refractivity contribution in [1.29, 1.82) is 0 Å². The van der Waals surface area contributed by atoms with Crippen LogP contribution in [-0.2, 0) is 18.9 Å². The third kappa shape index (κ3) is 11.5. The Bertz CT molecular complexity index is 656. The predicted molar refractivity (Wildman–Crippen MR) is 152 cm³/mol. The van der Waals surface area contributed by atoms with E-state index in [4.69, 9.17) is 18.9 Å². The van der Waals surface area contributed by atoms with Gasteiger partial charge in [-0.05, 0) is 6.42 Å². The van der Waals surface area contributed by atoms with E-state index < -0.39 is 74.6 Å². The van der Waals surface area contributed by atoms with Gasteiger partial charge in [-0.15, -0.1) is 0 Å². The van der Waals surface area contributed by atoms with Crippen molar-refractivity contribution < 1.29 is 54.7 Å². The Kier molecular flexibility index (Phi) is 18.4. The van der Waals surface area contributed by atoms with E-state index in [2.05, 4.69) is 6.92 Å². The summed E-state index contributed by atoms with van der Waals surface area (Å²) >= 11 is 0. The Balaban J connectivity index is 1.67. The molecule has 7 N–H and O–H groups in total. The van der Waals surface area contributed by atoms with Crippen LogP contribution in [0.25, 0.3) is 0 Å². The molecule has 0 spiro atoms. The highest BCUT2D eigenvalue weighted by atomic mass is 16.8. The summed E-state index contributed by atoms with van der Waals surface area (Å²) in [5.41, 5.74) is 0. The summed E-state index contributed by atoms with van der Waals surface area (Å²) in [6, 6.07) is 0. The van der Waals surface area contributed by atoms with Crippen molar-refractivity contribution in [3.8, 4) is 0 Å². The summed E-state index contributed by atoms with van der Waals surface area (Å²) in [6.45, 7) is 0.351. The van der Waals surface area contributed by atoms with Gasteiger partial charge in [0.05, 0.1) is 13.2 Å². The van der Waals surface area contributed by atoms with E-state index in [-0.39, 0.29) is 6.61 Å². The lowest BCUT2D eigenvalue weighted by Gasteiger charge is -2.44. The largest absolute Gasteiger partial charge is 0.394 e. The Labute approximate surface area is 245 Å². The van der Waals surface area contributed by atoms with Crippen molar-refractivity contribution in [2.45, 2.75) is 164 Å². The molecule has 0 saturated carbocycles. The number of unbranched alkanes of at least 4 members (excludes halogenated alkanes) is 15. The molecule has 0 bridgehead atoms. The normalized spacial score (nSPS) is 34.0. The molecule has 0 radical (unpaired) electrons. The Morgan fingerprint density at radius 3 is 1.54 bits per heavy atom. The van der Waals surface area contributed by atoms with Gasteiger partial charge in [-0.1, -0.05) is 103 Å². The van der Waals surface area contributed by atoms with Gasteiger partial charge in [-0.3, -0.25) is 0 Å². The molecule has 11 heteroatoms. The second kappa shape index (κ2) is 20.5. The number of ether oxygens (including phenoxy) is 4. The third-order valence-electron chi connectivity index (χ3n) is 8.35. The fourth-order valence-corrected chi connectivity index (χ4v) is 5.66. The number of hydrogen-bond donors (Lipinski definition) is 7. The van der Waals surface area contributed by atoms with Crippen LogP contribution >= 0.6 is 0 Å². The molecule has 2 aliphatic heterocycles. The summed E-state index contributed by atoms with van der Waals surface area (Å²) in [5.74, 6) is -2.16. The van der Waals surface area contributed by atoms with Crippen LogP contribution in [0.5, 0.6) is 0 Å². The highest BCUT2D eigenvalue weighted by molar-refractivity contribution is 4.98. The number of hydrogen-bond acceptors (Lipinski definition) is 11. The zero-order valence-electron chi connectivity index (χ0n) is 25.0. The topological polar surface area (TPSA) is 179 Å². The summed E-state index contributed by atoms with van der Waals surface area (Å²) in [4.78, 5) is 0. The van der Waals surface area contributed by atoms with E-state index in [9.17, 15) is 35.7 Å². The van der Waals surface area contributed by atoms with Crippen LogP contribution in [0.15, 0.2) is 0 Å². The first-order valence-corrected chi connectivity index (χ1v) is 16.0. The second-order valence-corrected chi connectivity index (χ2v) is 11.7. The zero-order valence-corrected chi connectivity index (χ0v) is 25.0. The maximum atomic E-state index is 10.7. The van der Waals surface area contributed by atoms with Gasteiger partial charge in [-0.2, -0.15) is 0 Å². The van der Waals surface area contributed by atoms with Crippen LogP contribution < -0.4 is 0 Å². The van der Waals surface area contributed by atoms with E-state index in [1.807, 2.05) is 0 Å². The van der Waals surface area contributed by atoms with Crippen LogP contribution in [0, 0.1) is 0 Å². The molecular weight excluding hydrogens is 536 g/mol. The molecule has 0 aromatic heterocycles. The van der Waals surface area contributed by atoms with Gasteiger partial charge >= 0.3 is 0 Å². The summed E-state index contributed by atoms with van der Waals surface area (Å²) in [6.07, 6.45) is 8.53. The van der Waals surface area contributed by atoms with E-state index in [0.29, 0.717) is 6.42 Å². The van der Waals surface area contributed by atoms with E-state index in [0.717, 1.165) is 19.3 Å². The first-order valence-electron chi connectivity index (χ1n) is 16.0. The van der Waals surface area contributed by atoms with Crippen LogP contribution in [-0.4, -0.2) is 117 Å². The molecule has 0 aromatic carbocycles. The molecule has 2 aliphatic rings. The van der Waals surface area contributed by atoms with E-state index in [1.54, 1.807) is 0 Å². The van der Waals surface area contributed by atoms with Gasteiger partial charge in [0.2, 0.25) is 5.79 Å². The van der Waals surface area contributed by atoms with Crippen molar-refractivity contribution in [2.75, 3.05) is 26.4 Å². The van der Waals surface area contributed by atoms with Gasteiger partial charge < -0.3 is 54.7 Å². The third-order valence-corrected chi connectivity index (χ3v) is 8.35. The van der Waals surface area contributed by atoms with Crippen molar-refractivity contribution >= 4 is 0 Å². The highest BCUT2D eigenvalue weighted by Gasteiger charge is 2.58. The second-order valence-electron chi connectivity index (χ2n) is 11.7. The van der Waals surface area contributed by atoms with Crippen molar-refractivity contribution in [1.82, 2.24) is 0 Å². The molecule has 2 rings (SSSR count). The summed E-state index contributed by atoms with van der Waals surface area (Å²) < 4.78 is 22.6. The molecule has 0 amide bonds. The minimum absolute atomic E-state index is 0.247. The molecule has 2 saturated heterocycles. The van der Waals surface area contributed by atoms with E-state index in [1.165, 1.54) is 77.0 Å². The maximum absolute atomic E-state index is 10.7. The minimum atomic E-state index is -2.16. The minimum Gasteiger partial charge on any atom is -0.394 e. The van der Waals surface area contributed by atoms with Gasteiger partial charge in [-0.25, -0.2) is 0 Å². The molecule has 41 heavy (non-hydrogen) atoms. The quantitative estimate of drug-likeness (QED) is 0.0859. The molecule has 0 aromatic rings. The Hall–Kier alpha value is -0.440. The zero-order chi connectivity index (χ0) is 30.1. The van der Waals surface area contributed by atoms with Gasteiger partial charge in [0, 0.05) is 6.61 Å². The number of aliphatic hydroxyl groups is 7. The van der Waals surface area contributed by atoms with Gasteiger partial charge in [0.25, 0.3) is 0 Å².